The lowest BCUT2D eigenvalue weighted by molar-refractivity contribution is 0.248. The standard InChI is InChI=1S/C13H29O3P.C12H10/c1-2-3-4-5-6-7-8-9-10-11-12-13-16-17(14)15;1-3-7-11(8-4-1)12-9-5-2-6-10-12/h14-15H,2-13H2,1H3;1-10H. The Hall–Kier alpha value is -1.25. The van der Waals surface area contributed by atoms with Gasteiger partial charge in [0, 0.05) is 0 Å². The first-order valence-corrected chi connectivity index (χ1v) is 12.3. The van der Waals surface area contributed by atoms with Gasteiger partial charge in [0.2, 0.25) is 0 Å². The summed E-state index contributed by atoms with van der Waals surface area (Å²) in [5, 5.41) is 0. The van der Waals surface area contributed by atoms with Crippen molar-refractivity contribution in [1.82, 2.24) is 0 Å². The van der Waals surface area contributed by atoms with Gasteiger partial charge < -0.3 is 14.3 Å². The molecule has 2 aromatic carbocycles. The largest absolute Gasteiger partial charge is 0.328 e. The van der Waals surface area contributed by atoms with E-state index in [1.807, 2.05) is 12.1 Å². The van der Waals surface area contributed by atoms with Gasteiger partial charge in [-0.2, -0.15) is 0 Å². The molecule has 0 radical (unpaired) electrons. The maximum Gasteiger partial charge on any atom is 0.327 e. The third-order valence-electron chi connectivity index (χ3n) is 4.84. The molecular weight excluding hydrogens is 379 g/mol. The predicted molar refractivity (Wildman–Crippen MR) is 126 cm³/mol. The molecule has 0 amide bonds. The van der Waals surface area contributed by atoms with Crippen molar-refractivity contribution in [1.29, 1.82) is 0 Å². The normalized spacial score (nSPS) is 10.6. The molecular formula is C25H39O3P. The summed E-state index contributed by atoms with van der Waals surface area (Å²) in [6, 6.07) is 20.8. The summed E-state index contributed by atoms with van der Waals surface area (Å²) in [7, 11) is -2.14. The van der Waals surface area contributed by atoms with Crippen molar-refractivity contribution in [2.75, 3.05) is 6.61 Å². The van der Waals surface area contributed by atoms with Gasteiger partial charge in [0.1, 0.15) is 0 Å². The lowest BCUT2D eigenvalue weighted by atomic mass is 10.1. The van der Waals surface area contributed by atoms with E-state index < -0.39 is 8.60 Å². The van der Waals surface area contributed by atoms with Crippen molar-refractivity contribution in [3.8, 4) is 11.1 Å². The first kappa shape index (κ1) is 25.8. The second-order valence-corrected chi connectivity index (χ2v) is 8.12. The van der Waals surface area contributed by atoms with Crippen LogP contribution in [0.15, 0.2) is 60.7 Å². The Bertz CT molecular complexity index is 538. The Labute approximate surface area is 179 Å². The third kappa shape index (κ3) is 15.3. The summed E-state index contributed by atoms with van der Waals surface area (Å²) in [6.07, 6.45) is 14.3. The van der Waals surface area contributed by atoms with Gasteiger partial charge >= 0.3 is 8.60 Å². The van der Waals surface area contributed by atoms with Crippen molar-refractivity contribution < 1.29 is 14.3 Å². The molecule has 0 saturated heterocycles. The van der Waals surface area contributed by atoms with Gasteiger partial charge in [-0.1, -0.05) is 132 Å². The first-order valence-electron chi connectivity index (χ1n) is 11.1. The van der Waals surface area contributed by atoms with E-state index in [9.17, 15) is 0 Å². The Kier molecular flexibility index (Phi) is 16.7. The van der Waals surface area contributed by atoms with Crippen molar-refractivity contribution in [3.63, 3.8) is 0 Å². The average molecular weight is 419 g/mol. The van der Waals surface area contributed by atoms with E-state index in [0.29, 0.717) is 6.61 Å². The lowest BCUT2D eigenvalue weighted by Crippen LogP contribution is -1.89. The highest BCUT2D eigenvalue weighted by Crippen LogP contribution is 2.24. The third-order valence-corrected chi connectivity index (χ3v) is 5.25. The second kappa shape index (κ2) is 18.8. The van der Waals surface area contributed by atoms with E-state index in [4.69, 9.17) is 14.3 Å². The zero-order chi connectivity index (χ0) is 21.0. The van der Waals surface area contributed by atoms with E-state index >= 15 is 0 Å². The van der Waals surface area contributed by atoms with Gasteiger partial charge in [-0.3, -0.25) is 0 Å². The highest BCUT2D eigenvalue weighted by Gasteiger charge is 1.98. The number of unbranched alkanes of at least 4 members (excludes halogenated alkanes) is 10. The lowest BCUT2D eigenvalue weighted by Gasteiger charge is -2.04. The quantitative estimate of drug-likeness (QED) is 0.242. The topological polar surface area (TPSA) is 49.7 Å². The molecule has 0 aliphatic heterocycles. The SMILES string of the molecule is CCCCCCCCCCCCCOP(O)O.c1ccc(-c2ccccc2)cc1. The molecule has 4 heteroatoms. The molecule has 29 heavy (non-hydrogen) atoms. The van der Waals surface area contributed by atoms with Crippen LogP contribution in [0.1, 0.15) is 77.6 Å². The molecule has 0 aromatic heterocycles. The van der Waals surface area contributed by atoms with Gasteiger partial charge in [-0.15, -0.1) is 0 Å². The smallest absolute Gasteiger partial charge is 0.327 e. The molecule has 0 unspecified atom stereocenters. The summed E-state index contributed by atoms with van der Waals surface area (Å²) < 4.78 is 4.70. The Morgan fingerprint density at radius 3 is 1.34 bits per heavy atom. The number of hydrogen-bond donors (Lipinski definition) is 2. The van der Waals surface area contributed by atoms with Crippen LogP contribution in [0, 0.1) is 0 Å². The molecule has 3 nitrogen and oxygen atoms in total. The molecule has 0 aliphatic rings. The molecule has 0 atom stereocenters. The summed E-state index contributed by atoms with van der Waals surface area (Å²) in [5.41, 5.74) is 2.55. The second-order valence-electron chi connectivity index (χ2n) is 7.35. The number of benzene rings is 2. The molecule has 2 N–H and O–H groups in total. The Morgan fingerprint density at radius 1 is 0.586 bits per heavy atom. The minimum absolute atomic E-state index is 0.482. The summed E-state index contributed by atoms with van der Waals surface area (Å²) in [6.45, 7) is 2.73. The number of hydrogen-bond acceptors (Lipinski definition) is 3. The first-order chi connectivity index (χ1) is 14.2. The average Bonchev–Trinajstić information content (AvgIpc) is 2.76. The van der Waals surface area contributed by atoms with Gasteiger partial charge in [0.15, 0.2) is 0 Å². The van der Waals surface area contributed by atoms with E-state index in [0.717, 1.165) is 12.8 Å². The predicted octanol–water partition coefficient (Wildman–Crippen LogP) is 7.88. The molecule has 162 valence electrons. The Balaban J connectivity index is 0.000000304. The van der Waals surface area contributed by atoms with Gasteiger partial charge in [-0.25, -0.2) is 0 Å². The maximum atomic E-state index is 8.51. The van der Waals surface area contributed by atoms with E-state index in [-0.39, 0.29) is 0 Å². The molecule has 0 bridgehead atoms. The minimum atomic E-state index is -2.14. The van der Waals surface area contributed by atoms with Crippen LogP contribution in [-0.2, 0) is 4.52 Å². The zero-order valence-electron chi connectivity index (χ0n) is 18.0. The fourth-order valence-electron chi connectivity index (χ4n) is 3.17. The molecule has 0 aliphatic carbocycles. The van der Waals surface area contributed by atoms with Gasteiger partial charge in [-0.05, 0) is 17.5 Å². The van der Waals surface area contributed by atoms with Crippen LogP contribution in [-0.4, -0.2) is 16.4 Å². The highest BCUT2D eigenvalue weighted by molar-refractivity contribution is 7.39. The van der Waals surface area contributed by atoms with Crippen LogP contribution in [0.4, 0.5) is 0 Å². The Morgan fingerprint density at radius 2 is 0.966 bits per heavy atom. The molecule has 2 rings (SSSR count). The minimum Gasteiger partial charge on any atom is -0.328 e. The van der Waals surface area contributed by atoms with Crippen LogP contribution in [0.3, 0.4) is 0 Å². The van der Waals surface area contributed by atoms with Crippen molar-refractivity contribution in [2.24, 2.45) is 0 Å². The monoisotopic (exact) mass is 418 g/mol. The van der Waals surface area contributed by atoms with Crippen LogP contribution in [0.5, 0.6) is 0 Å². The van der Waals surface area contributed by atoms with Crippen molar-refractivity contribution in [3.05, 3.63) is 60.7 Å². The van der Waals surface area contributed by atoms with E-state index in [2.05, 4.69) is 55.5 Å². The van der Waals surface area contributed by atoms with E-state index in [1.54, 1.807) is 0 Å². The zero-order valence-corrected chi connectivity index (χ0v) is 18.9. The fourth-order valence-corrected chi connectivity index (χ4v) is 3.47. The van der Waals surface area contributed by atoms with Crippen LogP contribution in [0.25, 0.3) is 11.1 Å². The van der Waals surface area contributed by atoms with Gasteiger partial charge in [0.25, 0.3) is 0 Å². The molecule has 0 fully saturated rings. The summed E-state index contributed by atoms with van der Waals surface area (Å²) >= 11 is 0. The van der Waals surface area contributed by atoms with Crippen molar-refractivity contribution >= 4 is 8.60 Å². The van der Waals surface area contributed by atoms with Crippen molar-refractivity contribution in [2.45, 2.75) is 77.6 Å². The van der Waals surface area contributed by atoms with Crippen LogP contribution in [0.2, 0.25) is 0 Å². The van der Waals surface area contributed by atoms with Crippen LogP contribution < -0.4 is 0 Å². The molecule has 0 saturated carbocycles. The van der Waals surface area contributed by atoms with Gasteiger partial charge in [0.05, 0.1) is 6.61 Å². The maximum absolute atomic E-state index is 8.51. The molecule has 2 aromatic rings. The fraction of sp³-hybridized carbons (Fsp3) is 0.520. The van der Waals surface area contributed by atoms with E-state index in [1.165, 1.54) is 68.9 Å². The highest BCUT2D eigenvalue weighted by atomic mass is 31.2. The summed E-state index contributed by atoms with van der Waals surface area (Å²) in [5.74, 6) is 0. The number of rotatable bonds is 14. The summed E-state index contributed by atoms with van der Waals surface area (Å²) in [4.78, 5) is 17.0. The molecule has 0 heterocycles. The molecule has 0 spiro atoms. The van der Waals surface area contributed by atoms with Crippen LogP contribution >= 0.6 is 8.60 Å².